The normalized spacial score (nSPS) is 32.9. The number of rotatable bonds is 3. The molecule has 2 heteroatoms. The topological polar surface area (TPSA) is 37.3 Å². The molecular formula is C17H24O2. The van der Waals surface area contributed by atoms with Crippen LogP contribution in [0.15, 0.2) is 23.0 Å². The number of aliphatic hydroxyl groups is 1. The van der Waals surface area contributed by atoms with E-state index in [-0.39, 0.29) is 5.78 Å². The van der Waals surface area contributed by atoms with Gasteiger partial charge >= 0.3 is 0 Å². The van der Waals surface area contributed by atoms with E-state index < -0.39 is 0 Å². The minimum Gasteiger partial charge on any atom is -0.512 e. The van der Waals surface area contributed by atoms with E-state index in [1.165, 1.54) is 18.4 Å². The summed E-state index contributed by atoms with van der Waals surface area (Å²) in [4.78, 5) is 11.9. The molecule has 0 radical (unpaired) electrons. The van der Waals surface area contributed by atoms with Crippen molar-refractivity contribution >= 4 is 5.78 Å². The first kappa shape index (κ1) is 13.0. The van der Waals surface area contributed by atoms with Crippen LogP contribution in [0.5, 0.6) is 0 Å². The summed E-state index contributed by atoms with van der Waals surface area (Å²) < 4.78 is 0. The Morgan fingerprint density at radius 2 is 2.11 bits per heavy atom. The standard InChI is InChI=1S/C17H24O2/c1-17(2)12-8-6-11(14(17)10-12)7-9-13-15(18)4-3-5-16(13)19/h6,12,14,18H,3-5,7-10H2,1-2H3/t12-,14-/m0/s1. The molecular weight excluding hydrogens is 236 g/mol. The van der Waals surface area contributed by atoms with Crippen LogP contribution in [0.25, 0.3) is 0 Å². The van der Waals surface area contributed by atoms with Gasteiger partial charge in [0, 0.05) is 18.4 Å². The van der Waals surface area contributed by atoms with Gasteiger partial charge in [-0.2, -0.15) is 0 Å². The molecule has 4 aliphatic rings. The number of allylic oxidation sites excluding steroid dienone is 4. The molecule has 4 aliphatic carbocycles. The molecule has 104 valence electrons. The van der Waals surface area contributed by atoms with Crippen molar-refractivity contribution in [3.05, 3.63) is 23.0 Å². The zero-order valence-corrected chi connectivity index (χ0v) is 12.0. The van der Waals surface area contributed by atoms with Crippen molar-refractivity contribution in [2.45, 2.75) is 58.8 Å². The molecule has 0 aromatic carbocycles. The predicted molar refractivity (Wildman–Crippen MR) is 75.8 cm³/mol. The van der Waals surface area contributed by atoms with Gasteiger partial charge in [-0.3, -0.25) is 4.79 Å². The number of ketones is 1. The summed E-state index contributed by atoms with van der Waals surface area (Å²) in [5.41, 5.74) is 2.70. The second-order valence-electron chi connectivity index (χ2n) is 7.02. The number of carbonyl (C=O) groups is 1. The van der Waals surface area contributed by atoms with Crippen molar-refractivity contribution in [1.82, 2.24) is 0 Å². The molecule has 1 N–H and O–H groups in total. The molecule has 2 nitrogen and oxygen atoms in total. The Kier molecular flexibility index (Phi) is 3.07. The Labute approximate surface area is 115 Å². The van der Waals surface area contributed by atoms with Gasteiger partial charge in [-0.1, -0.05) is 25.5 Å². The average Bonchev–Trinajstić information content (AvgIpc) is 2.38. The molecule has 0 spiro atoms. The molecule has 0 aliphatic heterocycles. The van der Waals surface area contributed by atoms with Crippen molar-refractivity contribution < 1.29 is 9.90 Å². The van der Waals surface area contributed by atoms with Crippen molar-refractivity contribution in [2.75, 3.05) is 0 Å². The van der Waals surface area contributed by atoms with Crippen LogP contribution < -0.4 is 0 Å². The van der Waals surface area contributed by atoms with Gasteiger partial charge in [-0.25, -0.2) is 0 Å². The van der Waals surface area contributed by atoms with Crippen molar-refractivity contribution in [1.29, 1.82) is 0 Å². The molecule has 0 saturated heterocycles. The summed E-state index contributed by atoms with van der Waals surface area (Å²) in [7, 11) is 0. The summed E-state index contributed by atoms with van der Waals surface area (Å²) >= 11 is 0. The van der Waals surface area contributed by atoms with Crippen LogP contribution in [0.2, 0.25) is 0 Å². The van der Waals surface area contributed by atoms with Gasteiger partial charge in [0.2, 0.25) is 0 Å². The third kappa shape index (κ3) is 2.05. The van der Waals surface area contributed by atoms with E-state index in [2.05, 4.69) is 19.9 Å². The van der Waals surface area contributed by atoms with E-state index in [0.29, 0.717) is 35.5 Å². The fraction of sp³-hybridized carbons (Fsp3) is 0.706. The van der Waals surface area contributed by atoms with Gasteiger partial charge in [0.1, 0.15) is 0 Å². The lowest BCUT2D eigenvalue weighted by molar-refractivity contribution is -0.116. The van der Waals surface area contributed by atoms with Gasteiger partial charge in [-0.15, -0.1) is 0 Å². The number of hydrogen-bond acceptors (Lipinski definition) is 2. The van der Waals surface area contributed by atoms with E-state index in [1.54, 1.807) is 0 Å². The Bertz CT molecular complexity index is 468. The zero-order valence-electron chi connectivity index (χ0n) is 12.0. The third-order valence-corrected chi connectivity index (χ3v) is 5.75. The van der Waals surface area contributed by atoms with E-state index in [1.807, 2.05) is 0 Å². The molecule has 0 amide bonds. The van der Waals surface area contributed by atoms with Gasteiger partial charge in [0.05, 0.1) is 5.76 Å². The second kappa shape index (κ2) is 4.50. The number of Topliss-reactive ketones (excluding diaryl/α,β-unsaturated/α-hetero) is 1. The smallest absolute Gasteiger partial charge is 0.162 e. The highest BCUT2D eigenvalue weighted by Gasteiger charge is 2.50. The van der Waals surface area contributed by atoms with Gasteiger partial charge in [0.25, 0.3) is 0 Å². The van der Waals surface area contributed by atoms with Crippen LogP contribution in [-0.4, -0.2) is 10.9 Å². The SMILES string of the molecule is CC1(C)[C@H]2CC=C(CCC3=C(O)CCCC3=O)[C@@H]1C2. The number of fused-ring (bicyclic) bond motifs is 1. The second-order valence-corrected chi connectivity index (χ2v) is 7.02. The van der Waals surface area contributed by atoms with Crippen molar-refractivity contribution in [2.24, 2.45) is 17.3 Å². The van der Waals surface area contributed by atoms with E-state index >= 15 is 0 Å². The Balaban J connectivity index is 1.67. The first-order chi connectivity index (χ1) is 9.00. The lowest BCUT2D eigenvalue weighted by Crippen LogP contribution is -2.48. The molecule has 19 heavy (non-hydrogen) atoms. The van der Waals surface area contributed by atoms with Crippen LogP contribution in [-0.2, 0) is 4.79 Å². The molecule has 0 aromatic heterocycles. The fourth-order valence-electron chi connectivity index (χ4n) is 4.19. The Morgan fingerprint density at radius 1 is 1.32 bits per heavy atom. The van der Waals surface area contributed by atoms with Crippen LogP contribution in [0.4, 0.5) is 0 Å². The highest BCUT2D eigenvalue weighted by molar-refractivity contribution is 5.96. The van der Waals surface area contributed by atoms with Gasteiger partial charge < -0.3 is 5.11 Å². The largest absolute Gasteiger partial charge is 0.512 e. The fourth-order valence-corrected chi connectivity index (χ4v) is 4.19. The van der Waals surface area contributed by atoms with Gasteiger partial charge in [-0.05, 0) is 49.4 Å². The lowest BCUT2D eigenvalue weighted by Gasteiger charge is -2.56. The van der Waals surface area contributed by atoms with Crippen LogP contribution in [0, 0.1) is 17.3 Å². The molecule has 0 heterocycles. The Morgan fingerprint density at radius 3 is 2.74 bits per heavy atom. The number of carbonyl (C=O) groups excluding carboxylic acids is 1. The average molecular weight is 260 g/mol. The minimum absolute atomic E-state index is 0.172. The molecule has 2 bridgehead atoms. The third-order valence-electron chi connectivity index (χ3n) is 5.75. The maximum atomic E-state index is 11.9. The summed E-state index contributed by atoms with van der Waals surface area (Å²) in [5.74, 6) is 2.11. The molecule has 2 atom stereocenters. The molecule has 0 unspecified atom stereocenters. The summed E-state index contributed by atoms with van der Waals surface area (Å²) in [6, 6.07) is 0. The van der Waals surface area contributed by atoms with Crippen molar-refractivity contribution in [3.8, 4) is 0 Å². The number of hydrogen-bond donors (Lipinski definition) is 1. The summed E-state index contributed by atoms with van der Waals surface area (Å²) in [5, 5.41) is 9.89. The van der Waals surface area contributed by atoms with E-state index in [0.717, 1.165) is 25.2 Å². The van der Waals surface area contributed by atoms with E-state index in [4.69, 9.17) is 0 Å². The first-order valence-corrected chi connectivity index (χ1v) is 7.63. The van der Waals surface area contributed by atoms with Gasteiger partial charge in [0.15, 0.2) is 5.78 Å². The maximum Gasteiger partial charge on any atom is 0.162 e. The molecule has 1 fully saturated rings. The predicted octanol–water partition coefficient (Wildman–Crippen LogP) is 4.32. The quantitative estimate of drug-likeness (QED) is 0.767. The molecule has 4 rings (SSSR count). The van der Waals surface area contributed by atoms with Crippen LogP contribution in [0.1, 0.15) is 58.8 Å². The summed E-state index contributed by atoms with van der Waals surface area (Å²) in [6.07, 6.45) is 8.77. The minimum atomic E-state index is 0.172. The summed E-state index contributed by atoms with van der Waals surface area (Å²) in [6.45, 7) is 4.75. The van der Waals surface area contributed by atoms with E-state index in [9.17, 15) is 9.90 Å². The molecule has 0 aromatic rings. The van der Waals surface area contributed by atoms with Crippen molar-refractivity contribution in [3.63, 3.8) is 0 Å². The van der Waals surface area contributed by atoms with Crippen LogP contribution >= 0.6 is 0 Å². The highest BCUT2D eigenvalue weighted by atomic mass is 16.3. The first-order valence-electron chi connectivity index (χ1n) is 7.63. The Hall–Kier alpha value is -1.05. The monoisotopic (exact) mass is 260 g/mol. The lowest BCUT2D eigenvalue weighted by atomic mass is 9.48. The zero-order chi connectivity index (χ0) is 13.6. The number of aliphatic hydroxyl groups excluding tert-OH is 1. The highest BCUT2D eigenvalue weighted by Crippen LogP contribution is 2.60. The molecule has 1 saturated carbocycles. The van der Waals surface area contributed by atoms with Crippen LogP contribution in [0.3, 0.4) is 0 Å². The maximum absolute atomic E-state index is 11.9.